The van der Waals surface area contributed by atoms with Gasteiger partial charge in [0, 0.05) is 29.6 Å². The van der Waals surface area contributed by atoms with E-state index in [4.69, 9.17) is 4.74 Å². The zero-order valence-corrected chi connectivity index (χ0v) is 16.4. The summed E-state index contributed by atoms with van der Waals surface area (Å²) in [6.45, 7) is 1.34. The summed E-state index contributed by atoms with van der Waals surface area (Å²) in [4.78, 5) is 31.7. The van der Waals surface area contributed by atoms with Crippen molar-refractivity contribution in [2.75, 3.05) is 13.1 Å². The van der Waals surface area contributed by atoms with E-state index in [2.05, 4.69) is 4.98 Å². The second-order valence-electron chi connectivity index (χ2n) is 6.77. The fourth-order valence-electron chi connectivity index (χ4n) is 3.25. The fraction of sp³-hybridized carbons (Fsp3) is 0.227. The van der Waals surface area contributed by atoms with Gasteiger partial charge in [0.2, 0.25) is 6.10 Å². The molecule has 1 aliphatic heterocycles. The summed E-state index contributed by atoms with van der Waals surface area (Å²) in [5.74, 6) is -1.21. The Morgan fingerprint density at radius 2 is 1.72 bits per heavy atom. The Morgan fingerprint density at radius 3 is 2.41 bits per heavy atom. The first-order valence-corrected chi connectivity index (χ1v) is 10.3. The summed E-state index contributed by atoms with van der Waals surface area (Å²) in [7, 11) is 0. The van der Waals surface area contributed by atoms with Crippen LogP contribution in [0.15, 0.2) is 60.0 Å². The minimum absolute atomic E-state index is 0.129. The third-order valence-electron chi connectivity index (χ3n) is 4.77. The lowest BCUT2D eigenvalue weighted by molar-refractivity contribution is -0.140. The highest BCUT2D eigenvalue weighted by Gasteiger charge is 2.31. The molecule has 0 bridgehead atoms. The van der Waals surface area contributed by atoms with Crippen molar-refractivity contribution >= 4 is 23.2 Å². The number of rotatable bonds is 5. The fourth-order valence-corrected chi connectivity index (χ4v) is 4.05. The number of amides is 1. The molecule has 1 aromatic heterocycles. The largest absolute Gasteiger partial charge is 0.443 e. The van der Waals surface area contributed by atoms with Crippen LogP contribution < -0.4 is 0 Å². The zero-order valence-electron chi connectivity index (χ0n) is 15.6. The molecule has 1 saturated heterocycles. The van der Waals surface area contributed by atoms with Gasteiger partial charge in [0.1, 0.15) is 10.8 Å². The highest BCUT2D eigenvalue weighted by atomic mass is 32.1. The summed E-state index contributed by atoms with van der Waals surface area (Å²) < 4.78 is 18.7. The van der Waals surface area contributed by atoms with Crippen LogP contribution in [0.4, 0.5) is 4.39 Å². The predicted molar refractivity (Wildman–Crippen MR) is 108 cm³/mol. The lowest BCUT2D eigenvalue weighted by Gasteiger charge is -2.23. The second-order valence-corrected chi connectivity index (χ2v) is 7.63. The molecular formula is C22H19FN2O3S. The standard InChI is InChI=1S/C22H19FN2O3S/c23-17-10-8-16(9-11-17)20-24-18(14-29-20)22(27)28-19(15-6-2-1-3-7-15)21(26)25-12-4-5-13-25/h1-3,6-11,14,19H,4-5,12-13H2/t19-/m1/s1. The van der Waals surface area contributed by atoms with Gasteiger partial charge < -0.3 is 9.64 Å². The SMILES string of the molecule is O=C(O[C@@H](C(=O)N1CCCC1)c1ccccc1)c1csc(-c2ccc(F)cc2)n1. The molecule has 0 spiro atoms. The summed E-state index contributed by atoms with van der Waals surface area (Å²) in [5, 5.41) is 2.17. The normalized spacial score (nSPS) is 14.6. The van der Waals surface area contributed by atoms with Gasteiger partial charge in [0.25, 0.3) is 5.91 Å². The van der Waals surface area contributed by atoms with Crippen LogP contribution >= 0.6 is 11.3 Å². The van der Waals surface area contributed by atoms with Gasteiger partial charge in [0.05, 0.1) is 0 Å². The maximum Gasteiger partial charge on any atom is 0.358 e. The number of esters is 1. The molecule has 3 aromatic rings. The number of halogens is 1. The third-order valence-corrected chi connectivity index (χ3v) is 5.67. The smallest absolute Gasteiger partial charge is 0.358 e. The van der Waals surface area contributed by atoms with Crippen LogP contribution in [0.2, 0.25) is 0 Å². The van der Waals surface area contributed by atoms with Gasteiger partial charge in [-0.1, -0.05) is 30.3 Å². The van der Waals surface area contributed by atoms with E-state index in [0.29, 0.717) is 29.2 Å². The van der Waals surface area contributed by atoms with E-state index in [-0.39, 0.29) is 17.4 Å². The molecule has 1 amide bonds. The summed E-state index contributed by atoms with van der Waals surface area (Å²) in [6.07, 6.45) is 0.903. The van der Waals surface area contributed by atoms with Crippen LogP contribution in [0.5, 0.6) is 0 Å². The van der Waals surface area contributed by atoms with Crippen molar-refractivity contribution in [2.24, 2.45) is 0 Å². The first kappa shape index (κ1) is 19.3. The minimum atomic E-state index is -1.00. The van der Waals surface area contributed by atoms with E-state index < -0.39 is 12.1 Å². The van der Waals surface area contributed by atoms with Crippen molar-refractivity contribution < 1.29 is 18.7 Å². The molecule has 0 radical (unpaired) electrons. The maximum atomic E-state index is 13.1. The van der Waals surface area contributed by atoms with Crippen molar-refractivity contribution in [1.82, 2.24) is 9.88 Å². The molecule has 2 aromatic carbocycles. The molecule has 29 heavy (non-hydrogen) atoms. The van der Waals surface area contributed by atoms with Gasteiger partial charge in [0.15, 0.2) is 5.69 Å². The molecular weight excluding hydrogens is 391 g/mol. The van der Waals surface area contributed by atoms with Crippen LogP contribution in [-0.2, 0) is 9.53 Å². The monoisotopic (exact) mass is 410 g/mol. The maximum absolute atomic E-state index is 13.1. The van der Waals surface area contributed by atoms with Crippen molar-refractivity contribution in [1.29, 1.82) is 0 Å². The van der Waals surface area contributed by atoms with E-state index in [1.54, 1.807) is 34.5 Å². The second kappa shape index (κ2) is 8.53. The van der Waals surface area contributed by atoms with E-state index in [0.717, 1.165) is 12.8 Å². The number of aromatic nitrogens is 1. The summed E-state index contributed by atoms with van der Waals surface area (Å²) in [6, 6.07) is 14.9. The first-order valence-electron chi connectivity index (χ1n) is 9.38. The average Bonchev–Trinajstić information content (AvgIpc) is 3.45. The van der Waals surface area contributed by atoms with Crippen LogP contribution in [-0.4, -0.2) is 34.8 Å². The van der Waals surface area contributed by atoms with Crippen LogP contribution in [0, 0.1) is 5.82 Å². The van der Waals surface area contributed by atoms with E-state index in [9.17, 15) is 14.0 Å². The van der Waals surface area contributed by atoms with Crippen molar-refractivity contribution in [3.8, 4) is 10.6 Å². The van der Waals surface area contributed by atoms with E-state index in [1.165, 1.54) is 23.5 Å². The first-order chi connectivity index (χ1) is 14.1. The van der Waals surface area contributed by atoms with Gasteiger partial charge in [-0.2, -0.15) is 0 Å². The van der Waals surface area contributed by atoms with E-state index >= 15 is 0 Å². The molecule has 5 nitrogen and oxygen atoms in total. The van der Waals surface area contributed by atoms with Gasteiger partial charge in [-0.25, -0.2) is 14.2 Å². The Labute approximate surface area is 171 Å². The molecule has 1 aliphatic rings. The van der Waals surface area contributed by atoms with Crippen LogP contribution in [0.1, 0.15) is 35.0 Å². The summed E-state index contributed by atoms with van der Waals surface area (Å²) >= 11 is 1.26. The number of hydrogen-bond donors (Lipinski definition) is 0. The number of likely N-dealkylation sites (tertiary alicyclic amines) is 1. The number of carbonyl (C=O) groups is 2. The number of benzene rings is 2. The van der Waals surface area contributed by atoms with Gasteiger partial charge in [-0.15, -0.1) is 11.3 Å². The quantitative estimate of drug-likeness (QED) is 0.583. The van der Waals surface area contributed by atoms with Crippen LogP contribution in [0.3, 0.4) is 0 Å². The van der Waals surface area contributed by atoms with Crippen molar-refractivity contribution in [2.45, 2.75) is 18.9 Å². The Kier molecular flexibility index (Phi) is 5.67. The van der Waals surface area contributed by atoms with Gasteiger partial charge in [-0.3, -0.25) is 4.79 Å². The molecule has 148 valence electrons. The molecule has 0 saturated carbocycles. The molecule has 0 unspecified atom stereocenters. The lowest BCUT2D eigenvalue weighted by Crippen LogP contribution is -2.34. The van der Waals surface area contributed by atoms with Crippen molar-refractivity contribution in [3.05, 3.63) is 77.1 Å². The predicted octanol–water partition coefficient (Wildman–Crippen LogP) is 4.47. The number of hydrogen-bond acceptors (Lipinski definition) is 5. The topological polar surface area (TPSA) is 59.5 Å². The Balaban J connectivity index is 1.55. The molecule has 7 heteroatoms. The Hall–Kier alpha value is -3.06. The Bertz CT molecular complexity index is 998. The Morgan fingerprint density at radius 1 is 1.03 bits per heavy atom. The van der Waals surface area contributed by atoms with Gasteiger partial charge in [-0.05, 0) is 37.1 Å². The molecule has 0 N–H and O–H groups in total. The molecule has 4 rings (SSSR count). The van der Waals surface area contributed by atoms with E-state index in [1.807, 2.05) is 18.2 Å². The minimum Gasteiger partial charge on any atom is -0.443 e. The summed E-state index contributed by atoms with van der Waals surface area (Å²) in [5.41, 5.74) is 1.47. The highest BCUT2D eigenvalue weighted by molar-refractivity contribution is 7.13. The average molecular weight is 410 g/mol. The van der Waals surface area contributed by atoms with Crippen molar-refractivity contribution in [3.63, 3.8) is 0 Å². The lowest BCUT2D eigenvalue weighted by atomic mass is 10.1. The highest BCUT2D eigenvalue weighted by Crippen LogP contribution is 2.27. The number of nitrogens with zero attached hydrogens (tertiary/aromatic N) is 2. The molecule has 2 heterocycles. The number of ether oxygens (including phenoxy) is 1. The molecule has 0 aliphatic carbocycles. The van der Waals surface area contributed by atoms with Crippen LogP contribution in [0.25, 0.3) is 10.6 Å². The third kappa shape index (κ3) is 4.35. The number of thiazole rings is 1. The molecule has 1 fully saturated rings. The number of carbonyl (C=O) groups excluding carboxylic acids is 2. The van der Waals surface area contributed by atoms with Gasteiger partial charge >= 0.3 is 5.97 Å². The zero-order chi connectivity index (χ0) is 20.2. The molecule has 1 atom stereocenters.